The number of rotatable bonds is 4. The highest BCUT2D eigenvalue weighted by Gasteiger charge is 2.21. The van der Waals surface area contributed by atoms with E-state index in [4.69, 9.17) is 4.74 Å². The van der Waals surface area contributed by atoms with Gasteiger partial charge in [-0.1, -0.05) is 0 Å². The van der Waals surface area contributed by atoms with E-state index in [-0.39, 0.29) is 5.91 Å². The van der Waals surface area contributed by atoms with Gasteiger partial charge >= 0.3 is 0 Å². The number of amides is 1. The van der Waals surface area contributed by atoms with Crippen molar-refractivity contribution in [1.82, 2.24) is 5.43 Å². The molecule has 0 spiro atoms. The zero-order valence-electron chi connectivity index (χ0n) is 15.9. The molecule has 27 heavy (non-hydrogen) atoms. The number of aryl methyl sites for hydroxylation is 1. The molecule has 4 rings (SSSR count). The van der Waals surface area contributed by atoms with Crippen molar-refractivity contribution in [3.8, 4) is 5.75 Å². The van der Waals surface area contributed by atoms with Crippen LogP contribution < -0.4 is 10.2 Å². The minimum atomic E-state index is -0.208. The number of hydrazone groups is 1. The van der Waals surface area contributed by atoms with Crippen LogP contribution in [0.1, 0.15) is 63.9 Å². The lowest BCUT2D eigenvalue weighted by Gasteiger charge is -2.27. The van der Waals surface area contributed by atoms with Crippen molar-refractivity contribution < 1.29 is 9.53 Å². The van der Waals surface area contributed by atoms with E-state index in [1.807, 2.05) is 6.21 Å². The highest BCUT2D eigenvalue weighted by Crippen LogP contribution is 2.33. The van der Waals surface area contributed by atoms with Crippen molar-refractivity contribution >= 4 is 12.1 Å². The maximum Gasteiger partial charge on any atom is 0.271 e. The highest BCUT2D eigenvalue weighted by atomic mass is 16.5. The molecule has 0 saturated carbocycles. The maximum atomic E-state index is 12.3. The number of benzene rings is 2. The molecule has 0 unspecified atom stereocenters. The van der Waals surface area contributed by atoms with E-state index in [9.17, 15) is 4.79 Å². The standard InChI is InChI=1S/C23H26N2O2/c1-27-19-12-10-16(11-13-19)23(26)25-24-15-18-14-17-6-2-3-7-20(17)22-9-5-4-8-21(18)22/h10-15H,2-9H2,1H3,(H,25,26). The van der Waals surface area contributed by atoms with E-state index in [0.717, 1.165) is 12.2 Å². The van der Waals surface area contributed by atoms with Crippen LogP contribution in [0.3, 0.4) is 0 Å². The van der Waals surface area contributed by atoms with Gasteiger partial charge in [0, 0.05) is 5.56 Å². The Bertz CT molecular complexity index is 869. The Hall–Kier alpha value is -2.62. The molecule has 1 amide bonds. The fraction of sp³-hybridized carbons (Fsp3) is 0.391. The summed E-state index contributed by atoms with van der Waals surface area (Å²) in [6.07, 6.45) is 11.7. The van der Waals surface area contributed by atoms with Crippen molar-refractivity contribution in [3.05, 3.63) is 63.7 Å². The Morgan fingerprint density at radius 2 is 1.63 bits per heavy atom. The number of nitrogens with zero attached hydrogens (tertiary/aromatic N) is 1. The fourth-order valence-electron chi connectivity index (χ4n) is 4.35. The second-order valence-electron chi connectivity index (χ2n) is 7.40. The first kappa shape index (κ1) is 17.8. The Morgan fingerprint density at radius 3 is 2.37 bits per heavy atom. The Morgan fingerprint density at radius 1 is 0.963 bits per heavy atom. The van der Waals surface area contributed by atoms with Crippen molar-refractivity contribution in [3.63, 3.8) is 0 Å². The van der Waals surface area contributed by atoms with Crippen molar-refractivity contribution in [1.29, 1.82) is 0 Å². The molecule has 2 aromatic carbocycles. The van der Waals surface area contributed by atoms with Gasteiger partial charge in [-0.05, 0) is 110 Å². The smallest absolute Gasteiger partial charge is 0.271 e. The van der Waals surface area contributed by atoms with Gasteiger partial charge in [0.1, 0.15) is 5.75 Å². The largest absolute Gasteiger partial charge is 0.497 e. The second-order valence-corrected chi connectivity index (χ2v) is 7.40. The average molecular weight is 362 g/mol. The molecule has 0 saturated heterocycles. The molecule has 0 aromatic heterocycles. The number of fused-ring (bicyclic) bond motifs is 3. The molecule has 0 atom stereocenters. The van der Waals surface area contributed by atoms with Crippen molar-refractivity contribution in [2.75, 3.05) is 7.11 Å². The first-order valence-electron chi connectivity index (χ1n) is 9.90. The molecule has 2 aliphatic rings. The monoisotopic (exact) mass is 362 g/mol. The summed E-state index contributed by atoms with van der Waals surface area (Å²) in [6, 6.07) is 9.34. The third-order valence-corrected chi connectivity index (χ3v) is 5.74. The zero-order chi connectivity index (χ0) is 18.6. The lowest BCUT2D eigenvalue weighted by Crippen LogP contribution is -2.18. The molecule has 2 aliphatic carbocycles. The Labute approximate surface area is 160 Å². The molecule has 0 radical (unpaired) electrons. The van der Waals surface area contributed by atoms with Gasteiger partial charge in [0.25, 0.3) is 5.91 Å². The van der Waals surface area contributed by atoms with Crippen LogP contribution in [-0.2, 0) is 25.7 Å². The number of hydrogen-bond acceptors (Lipinski definition) is 3. The topological polar surface area (TPSA) is 50.7 Å². The van der Waals surface area contributed by atoms with Gasteiger partial charge in [-0.3, -0.25) is 4.79 Å². The third kappa shape index (κ3) is 3.75. The van der Waals surface area contributed by atoms with Gasteiger partial charge < -0.3 is 4.74 Å². The first-order valence-corrected chi connectivity index (χ1v) is 9.90. The van der Waals surface area contributed by atoms with Crippen LogP contribution in [-0.4, -0.2) is 19.2 Å². The summed E-state index contributed by atoms with van der Waals surface area (Å²) in [6.45, 7) is 0. The predicted molar refractivity (Wildman–Crippen MR) is 108 cm³/mol. The minimum Gasteiger partial charge on any atom is -0.497 e. The van der Waals surface area contributed by atoms with Crippen LogP contribution >= 0.6 is 0 Å². The highest BCUT2D eigenvalue weighted by molar-refractivity contribution is 5.95. The molecule has 140 valence electrons. The average Bonchev–Trinajstić information content (AvgIpc) is 2.74. The predicted octanol–water partition coefficient (Wildman–Crippen LogP) is 4.22. The Kier molecular flexibility index (Phi) is 5.23. The van der Waals surface area contributed by atoms with E-state index >= 15 is 0 Å². The molecule has 1 N–H and O–H groups in total. The van der Waals surface area contributed by atoms with Crippen LogP contribution in [0.25, 0.3) is 0 Å². The molecule has 4 heteroatoms. The molecule has 0 bridgehead atoms. The lowest BCUT2D eigenvalue weighted by molar-refractivity contribution is 0.0955. The van der Waals surface area contributed by atoms with Crippen LogP contribution in [0, 0.1) is 0 Å². The summed E-state index contributed by atoms with van der Waals surface area (Å²) in [4.78, 5) is 12.3. The van der Waals surface area contributed by atoms with Gasteiger partial charge in [0.2, 0.25) is 0 Å². The molecule has 4 nitrogen and oxygen atoms in total. The summed E-state index contributed by atoms with van der Waals surface area (Å²) in [5.74, 6) is 0.525. The van der Waals surface area contributed by atoms with Gasteiger partial charge in [-0.15, -0.1) is 0 Å². The minimum absolute atomic E-state index is 0.208. The maximum absolute atomic E-state index is 12.3. The summed E-state index contributed by atoms with van der Waals surface area (Å²) >= 11 is 0. The molecule has 0 fully saturated rings. The van der Waals surface area contributed by atoms with Crippen molar-refractivity contribution in [2.24, 2.45) is 5.10 Å². The van der Waals surface area contributed by atoms with Crippen LogP contribution in [0.5, 0.6) is 5.75 Å². The summed E-state index contributed by atoms with van der Waals surface area (Å²) in [7, 11) is 1.61. The van der Waals surface area contributed by atoms with Gasteiger partial charge in [-0.2, -0.15) is 5.10 Å². The second kappa shape index (κ2) is 7.95. The number of hydrogen-bond donors (Lipinski definition) is 1. The van der Waals surface area contributed by atoms with Crippen LogP contribution in [0.15, 0.2) is 35.4 Å². The van der Waals surface area contributed by atoms with Gasteiger partial charge in [0.15, 0.2) is 0 Å². The van der Waals surface area contributed by atoms with Gasteiger partial charge in [0.05, 0.1) is 13.3 Å². The SMILES string of the molecule is COc1ccc(C(=O)NN=Cc2cc3c(c4c2CCCC4)CCCC3)cc1. The molecule has 0 heterocycles. The summed E-state index contributed by atoms with van der Waals surface area (Å²) in [5, 5.41) is 4.26. The molecule has 0 aliphatic heterocycles. The number of nitrogens with one attached hydrogen (secondary N) is 1. The van der Waals surface area contributed by atoms with Gasteiger partial charge in [-0.25, -0.2) is 5.43 Å². The summed E-state index contributed by atoms with van der Waals surface area (Å²) < 4.78 is 5.12. The van der Waals surface area contributed by atoms with Crippen LogP contribution in [0.2, 0.25) is 0 Å². The van der Waals surface area contributed by atoms with Crippen molar-refractivity contribution in [2.45, 2.75) is 51.4 Å². The number of carbonyl (C=O) groups excluding carboxylic acids is 1. The van der Waals surface area contributed by atoms with E-state index in [1.54, 1.807) is 42.5 Å². The number of carbonyl (C=O) groups is 1. The quantitative estimate of drug-likeness (QED) is 0.654. The molecular formula is C23H26N2O2. The number of methoxy groups -OCH3 is 1. The Balaban J connectivity index is 1.54. The zero-order valence-corrected chi connectivity index (χ0v) is 15.9. The van der Waals surface area contributed by atoms with E-state index in [2.05, 4.69) is 16.6 Å². The van der Waals surface area contributed by atoms with E-state index in [0.29, 0.717) is 5.56 Å². The molecular weight excluding hydrogens is 336 g/mol. The van der Waals surface area contributed by atoms with E-state index in [1.165, 1.54) is 61.6 Å². The normalized spacial score (nSPS) is 15.9. The fourth-order valence-corrected chi connectivity index (χ4v) is 4.35. The lowest BCUT2D eigenvalue weighted by atomic mass is 9.78. The van der Waals surface area contributed by atoms with E-state index < -0.39 is 0 Å². The molecule has 2 aromatic rings. The van der Waals surface area contributed by atoms with Crippen LogP contribution in [0.4, 0.5) is 0 Å². The first-order chi connectivity index (χ1) is 13.3. The third-order valence-electron chi connectivity index (χ3n) is 5.74. The summed E-state index contributed by atoms with van der Waals surface area (Å²) in [5.41, 5.74) is 10.5. The number of ether oxygens (including phenoxy) is 1.